The number of carbonyl (C=O) groups excluding carboxylic acids is 1. The summed E-state index contributed by atoms with van der Waals surface area (Å²) in [6.07, 6.45) is 7.80. The Morgan fingerprint density at radius 2 is 1.94 bits per heavy atom. The number of hydrogen-bond acceptors (Lipinski definition) is 6. The van der Waals surface area contributed by atoms with Crippen LogP contribution >= 0.6 is 0 Å². The van der Waals surface area contributed by atoms with E-state index >= 15 is 0 Å². The van der Waals surface area contributed by atoms with Crippen LogP contribution in [-0.4, -0.2) is 40.7 Å². The number of carbonyl (C=O) groups is 1. The molecule has 0 aliphatic heterocycles. The second-order valence-electron chi connectivity index (χ2n) is 9.66. The summed E-state index contributed by atoms with van der Waals surface area (Å²) in [6.45, 7) is 3.63. The van der Waals surface area contributed by atoms with Crippen LogP contribution in [0.25, 0.3) is 0 Å². The van der Waals surface area contributed by atoms with Crippen molar-refractivity contribution in [2.24, 2.45) is 5.92 Å². The summed E-state index contributed by atoms with van der Waals surface area (Å²) in [6, 6.07) is 11.0. The third kappa shape index (κ3) is 6.59. The van der Waals surface area contributed by atoms with E-state index in [0.717, 1.165) is 25.7 Å². The lowest BCUT2D eigenvalue weighted by Gasteiger charge is -2.21. The molecule has 2 N–H and O–H groups in total. The summed E-state index contributed by atoms with van der Waals surface area (Å²) >= 11 is -1.54. The molecule has 1 aliphatic carbocycles. The van der Waals surface area contributed by atoms with Gasteiger partial charge in [0.05, 0.1) is 18.2 Å². The number of rotatable bonds is 9. The van der Waals surface area contributed by atoms with Crippen LogP contribution in [0.2, 0.25) is 0 Å². The maximum atomic E-state index is 13.3. The van der Waals surface area contributed by atoms with E-state index in [1.165, 1.54) is 16.9 Å². The SMILES string of the molecule is CC(C)(O)Cn1ccc(NC(=O)C(CC2CCCC2)n2ncc([S+]([O-])c3ccccc3)cc2=O)n1. The highest BCUT2D eigenvalue weighted by Gasteiger charge is 2.30. The molecular weight excluding hydrogens is 466 g/mol. The molecule has 2 unspecified atom stereocenters. The fraction of sp³-hybridized carbons (Fsp3) is 0.440. The van der Waals surface area contributed by atoms with Gasteiger partial charge in [-0.1, -0.05) is 43.9 Å². The van der Waals surface area contributed by atoms with Crippen molar-refractivity contribution in [2.45, 2.75) is 73.9 Å². The van der Waals surface area contributed by atoms with Crippen molar-refractivity contribution in [3.63, 3.8) is 0 Å². The lowest BCUT2D eigenvalue weighted by Crippen LogP contribution is -2.36. The minimum atomic E-state index is -1.54. The van der Waals surface area contributed by atoms with Gasteiger partial charge in [0.2, 0.25) is 0 Å². The predicted octanol–water partition coefficient (Wildman–Crippen LogP) is 3.14. The normalized spacial score (nSPS) is 16.2. The van der Waals surface area contributed by atoms with Crippen molar-refractivity contribution in [2.75, 3.05) is 5.32 Å². The second kappa shape index (κ2) is 10.8. The summed E-state index contributed by atoms with van der Waals surface area (Å²) in [5.41, 5.74) is -1.42. The zero-order chi connectivity index (χ0) is 25.0. The molecule has 3 aromatic rings. The summed E-state index contributed by atoms with van der Waals surface area (Å²) < 4.78 is 15.6. The third-order valence-electron chi connectivity index (χ3n) is 6.04. The minimum absolute atomic E-state index is 0.273. The average molecular weight is 498 g/mol. The van der Waals surface area contributed by atoms with Gasteiger partial charge in [-0.3, -0.25) is 14.3 Å². The number of nitrogens with zero attached hydrogens (tertiary/aromatic N) is 4. The van der Waals surface area contributed by atoms with Crippen LogP contribution < -0.4 is 10.9 Å². The van der Waals surface area contributed by atoms with Crippen LogP contribution in [0.15, 0.2) is 69.4 Å². The second-order valence-corrected chi connectivity index (χ2v) is 11.1. The van der Waals surface area contributed by atoms with Crippen molar-refractivity contribution < 1.29 is 14.5 Å². The summed E-state index contributed by atoms with van der Waals surface area (Å²) in [5, 5.41) is 21.4. The van der Waals surface area contributed by atoms with Crippen LogP contribution in [0, 0.1) is 5.92 Å². The fourth-order valence-corrected chi connectivity index (χ4v) is 5.45. The van der Waals surface area contributed by atoms with Crippen LogP contribution in [0.4, 0.5) is 5.82 Å². The number of aliphatic hydroxyl groups is 1. The molecule has 2 heterocycles. The van der Waals surface area contributed by atoms with Gasteiger partial charge in [0, 0.05) is 23.4 Å². The van der Waals surface area contributed by atoms with Crippen molar-refractivity contribution in [1.82, 2.24) is 19.6 Å². The first kappa shape index (κ1) is 25.2. The van der Waals surface area contributed by atoms with Crippen molar-refractivity contribution in [3.8, 4) is 0 Å². The maximum Gasteiger partial charge on any atom is 0.272 e. The number of amides is 1. The first-order chi connectivity index (χ1) is 16.7. The Morgan fingerprint density at radius 3 is 2.60 bits per heavy atom. The highest BCUT2D eigenvalue weighted by atomic mass is 32.2. The zero-order valence-corrected chi connectivity index (χ0v) is 20.8. The van der Waals surface area contributed by atoms with Crippen molar-refractivity contribution >= 4 is 22.9 Å². The Balaban J connectivity index is 1.56. The summed E-state index contributed by atoms with van der Waals surface area (Å²) in [7, 11) is 0. The molecule has 0 bridgehead atoms. The van der Waals surface area contributed by atoms with Crippen molar-refractivity contribution in [1.29, 1.82) is 0 Å². The molecule has 0 spiro atoms. The molecule has 1 saturated carbocycles. The molecule has 186 valence electrons. The smallest absolute Gasteiger partial charge is 0.272 e. The van der Waals surface area contributed by atoms with Crippen LogP contribution in [-0.2, 0) is 22.5 Å². The molecule has 0 radical (unpaired) electrons. The molecule has 9 nitrogen and oxygen atoms in total. The molecule has 1 aromatic carbocycles. The first-order valence-electron chi connectivity index (χ1n) is 11.8. The lowest BCUT2D eigenvalue weighted by molar-refractivity contribution is -0.120. The standard InChI is InChI=1S/C25H31N5O4S/c1-25(2,33)17-29-13-12-22(28-29)27-24(32)21(14-18-8-6-7-9-18)30-23(31)15-20(16-26-30)35(34)19-10-4-3-5-11-19/h3-5,10-13,15-16,18,21,33H,6-9,14,17H2,1-2H3,(H,27,28,32). The van der Waals surface area contributed by atoms with E-state index in [1.54, 1.807) is 55.1 Å². The van der Waals surface area contributed by atoms with E-state index in [-0.39, 0.29) is 12.5 Å². The Morgan fingerprint density at radius 1 is 1.23 bits per heavy atom. The van der Waals surface area contributed by atoms with Crippen LogP contribution in [0.3, 0.4) is 0 Å². The third-order valence-corrected chi connectivity index (χ3v) is 7.39. The largest absolute Gasteiger partial charge is 0.606 e. The highest BCUT2D eigenvalue weighted by molar-refractivity contribution is 7.91. The fourth-order valence-electron chi connectivity index (χ4n) is 4.42. The van der Waals surface area contributed by atoms with E-state index in [0.29, 0.717) is 27.9 Å². The molecule has 0 saturated heterocycles. The Labute approximate surface area is 207 Å². The first-order valence-corrected chi connectivity index (χ1v) is 13.0. The Hall–Kier alpha value is -2.95. The lowest BCUT2D eigenvalue weighted by atomic mass is 9.98. The van der Waals surface area contributed by atoms with Gasteiger partial charge >= 0.3 is 0 Å². The monoisotopic (exact) mass is 497 g/mol. The van der Waals surface area contributed by atoms with E-state index in [4.69, 9.17) is 0 Å². The maximum absolute atomic E-state index is 13.3. The van der Waals surface area contributed by atoms with E-state index < -0.39 is 28.4 Å². The number of nitrogens with one attached hydrogen (secondary N) is 1. The molecule has 35 heavy (non-hydrogen) atoms. The number of benzene rings is 1. The molecule has 10 heteroatoms. The van der Waals surface area contributed by atoms with Gasteiger partial charge < -0.3 is 15.0 Å². The van der Waals surface area contributed by atoms with Gasteiger partial charge in [0.1, 0.15) is 12.2 Å². The molecule has 1 fully saturated rings. The minimum Gasteiger partial charge on any atom is -0.606 e. The average Bonchev–Trinajstić information content (AvgIpc) is 3.48. The molecule has 4 rings (SSSR count). The molecule has 2 aromatic heterocycles. The van der Waals surface area contributed by atoms with Gasteiger partial charge in [0.15, 0.2) is 15.6 Å². The summed E-state index contributed by atoms with van der Waals surface area (Å²) in [5.74, 6) is 0.285. The van der Waals surface area contributed by atoms with Gasteiger partial charge in [-0.15, -0.1) is 0 Å². The highest BCUT2D eigenvalue weighted by Crippen LogP contribution is 2.32. The van der Waals surface area contributed by atoms with E-state index in [9.17, 15) is 19.2 Å². The Bertz CT molecular complexity index is 1200. The van der Waals surface area contributed by atoms with Gasteiger partial charge in [-0.05, 0) is 38.3 Å². The van der Waals surface area contributed by atoms with E-state index in [2.05, 4.69) is 15.5 Å². The summed E-state index contributed by atoms with van der Waals surface area (Å²) in [4.78, 5) is 27.2. The van der Waals surface area contributed by atoms with Crippen LogP contribution in [0.1, 0.15) is 52.0 Å². The van der Waals surface area contributed by atoms with Gasteiger partial charge in [-0.2, -0.15) is 10.2 Å². The molecule has 2 atom stereocenters. The molecule has 1 aliphatic rings. The molecule has 1 amide bonds. The number of anilines is 1. The van der Waals surface area contributed by atoms with Gasteiger partial charge in [0.25, 0.3) is 11.5 Å². The zero-order valence-electron chi connectivity index (χ0n) is 20.0. The number of hydrogen-bond donors (Lipinski definition) is 2. The van der Waals surface area contributed by atoms with E-state index in [1.807, 2.05) is 6.07 Å². The van der Waals surface area contributed by atoms with Crippen LogP contribution in [0.5, 0.6) is 0 Å². The predicted molar refractivity (Wildman–Crippen MR) is 132 cm³/mol. The Kier molecular flexibility index (Phi) is 7.73. The number of aromatic nitrogens is 4. The molecular formula is C25H31N5O4S. The van der Waals surface area contributed by atoms with Crippen molar-refractivity contribution in [3.05, 3.63) is 65.2 Å². The quantitative estimate of drug-likeness (QED) is 0.438. The van der Waals surface area contributed by atoms with Gasteiger partial charge in [-0.25, -0.2) is 4.68 Å². The topological polar surface area (TPSA) is 125 Å².